The van der Waals surface area contributed by atoms with E-state index in [1.165, 1.54) is 4.90 Å². The Morgan fingerprint density at radius 1 is 1.20 bits per heavy atom. The van der Waals surface area contributed by atoms with Crippen molar-refractivity contribution in [3.05, 3.63) is 59.4 Å². The van der Waals surface area contributed by atoms with Gasteiger partial charge >= 0.3 is 6.09 Å². The fourth-order valence-electron chi connectivity index (χ4n) is 4.82. The molecule has 0 saturated carbocycles. The van der Waals surface area contributed by atoms with Gasteiger partial charge in [0, 0.05) is 42.8 Å². The second-order valence-corrected chi connectivity index (χ2v) is 11.3. The summed E-state index contributed by atoms with van der Waals surface area (Å²) in [4.78, 5) is 45.9. The Morgan fingerprint density at radius 3 is 2.63 bits per heavy atom. The van der Waals surface area contributed by atoms with Crippen molar-refractivity contribution in [3.63, 3.8) is 0 Å². The van der Waals surface area contributed by atoms with Crippen LogP contribution in [-0.4, -0.2) is 82.8 Å². The molecule has 2 aliphatic rings. The second kappa shape index (κ2) is 12.4. The van der Waals surface area contributed by atoms with Crippen molar-refractivity contribution in [3.8, 4) is 5.75 Å². The predicted molar refractivity (Wildman–Crippen MR) is 147 cm³/mol. The van der Waals surface area contributed by atoms with Crippen molar-refractivity contribution in [1.82, 2.24) is 20.2 Å². The lowest BCUT2D eigenvalue weighted by Gasteiger charge is -2.40. The number of halogens is 3. The number of hydrogen-bond donors (Lipinski definition) is 1. The minimum atomic E-state index is -2.78. The van der Waals surface area contributed by atoms with Crippen molar-refractivity contribution in [2.24, 2.45) is 10.5 Å². The van der Waals surface area contributed by atoms with Gasteiger partial charge in [-0.15, -0.1) is 0 Å². The van der Waals surface area contributed by atoms with Crippen LogP contribution in [0, 0.1) is 5.41 Å². The van der Waals surface area contributed by atoms with Crippen LogP contribution in [0.4, 0.5) is 13.6 Å². The van der Waals surface area contributed by atoms with E-state index in [1.807, 2.05) is 0 Å². The Labute approximate surface area is 241 Å². The Hall–Kier alpha value is -3.80. The van der Waals surface area contributed by atoms with Crippen LogP contribution in [0.3, 0.4) is 0 Å². The summed E-state index contributed by atoms with van der Waals surface area (Å²) in [6.07, 6.45) is -1.79. The van der Waals surface area contributed by atoms with E-state index in [1.54, 1.807) is 69.4 Å². The molecule has 1 unspecified atom stereocenters. The highest BCUT2D eigenvalue weighted by Gasteiger charge is 2.55. The first-order chi connectivity index (χ1) is 19.4. The maximum Gasteiger partial charge on any atom is 0.408 e. The zero-order valence-corrected chi connectivity index (χ0v) is 23.7. The lowest BCUT2D eigenvalue weighted by Crippen LogP contribution is -2.60. The van der Waals surface area contributed by atoms with E-state index in [4.69, 9.17) is 21.1 Å². The van der Waals surface area contributed by atoms with Gasteiger partial charge in [0.1, 0.15) is 36.0 Å². The van der Waals surface area contributed by atoms with Gasteiger partial charge in [-0.3, -0.25) is 14.6 Å². The number of hydrogen-bond acceptors (Lipinski definition) is 7. The average molecular weight is 592 g/mol. The molecule has 1 N–H and O–H groups in total. The first-order valence-electron chi connectivity index (χ1n) is 13.1. The molecule has 41 heavy (non-hydrogen) atoms. The topological polar surface area (TPSA) is 113 Å². The molecule has 3 heterocycles. The first-order valence-corrected chi connectivity index (χ1v) is 13.5. The molecule has 3 amide bonds. The van der Waals surface area contributed by atoms with Crippen LogP contribution in [0.25, 0.3) is 0 Å². The Kier molecular flexibility index (Phi) is 9.11. The fourth-order valence-corrected chi connectivity index (χ4v) is 5.00. The summed E-state index contributed by atoms with van der Waals surface area (Å²) in [5, 5.41) is 8.03. The van der Waals surface area contributed by atoms with Crippen LogP contribution in [0.5, 0.6) is 5.75 Å². The highest BCUT2D eigenvalue weighted by atomic mass is 35.5. The second-order valence-electron chi connectivity index (χ2n) is 10.9. The number of aromatic nitrogens is 1. The number of amides is 3. The summed E-state index contributed by atoms with van der Waals surface area (Å²) in [5.74, 6) is -0.769. The van der Waals surface area contributed by atoms with Crippen molar-refractivity contribution in [1.29, 1.82) is 0 Å². The number of pyridine rings is 1. The lowest BCUT2D eigenvalue weighted by molar-refractivity contribution is -0.143. The minimum absolute atomic E-state index is 0.0677. The molecule has 2 aromatic rings. The highest BCUT2D eigenvalue weighted by molar-refractivity contribution is 6.30. The summed E-state index contributed by atoms with van der Waals surface area (Å²) in [6.45, 7) is 3.98. The number of nitrogens with zero attached hydrogens (tertiary/aromatic N) is 4. The number of fused-ring (bicyclic) bond motifs is 1. The van der Waals surface area contributed by atoms with E-state index in [9.17, 15) is 23.2 Å². The predicted octanol–water partition coefficient (Wildman–Crippen LogP) is 3.93. The van der Waals surface area contributed by atoms with E-state index in [0.29, 0.717) is 22.2 Å². The van der Waals surface area contributed by atoms with Gasteiger partial charge in [-0.1, -0.05) is 23.7 Å². The number of ether oxygens (including phenoxy) is 2. The third kappa shape index (κ3) is 7.49. The van der Waals surface area contributed by atoms with Gasteiger partial charge in [0.2, 0.25) is 5.91 Å². The third-order valence-corrected chi connectivity index (χ3v) is 6.79. The van der Waals surface area contributed by atoms with Crippen molar-refractivity contribution in [2.75, 3.05) is 26.2 Å². The van der Waals surface area contributed by atoms with E-state index in [-0.39, 0.29) is 32.5 Å². The van der Waals surface area contributed by atoms with E-state index in [2.05, 4.69) is 15.4 Å². The maximum atomic E-state index is 13.9. The van der Waals surface area contributed by atoms with Crippen LogP contribution in [0.15, 0.2) is 53.8 Å². The highest BCUT2D eigenvalue weighted by Crippen LogP contribution is 2.38. The van der Waals surface area contributed by atoms with Crippen LogP contribution >= 0.6 is 11.6 Å². The summed E-state index contributed by atoms with van der Waals surface area (Å²) < 4.78 is 37.7. The smallest absolute Gasteiger partial charge is 0.408 e. The zero-order chi connectivity index (χ0) is 29.8. The molecule has 1 fully saturated rings. The SMILES string of the molecule is CC(C)(C)OC(=O)NC(COc1cccc(Cl)c1)C(=O)N1CCC2=NN(CC(F)F)C(=O)[C@]2(Cc2ccccn2)C1. The van der Waals surface area contributed by atoms with Crippen molar-refractivity contribution in [2.45, 2.75) is 51.7 Å². The molecule has 10 nitrogen and oxygen atoms in total. The number of hydrazone groups is 1. The fraction of sp³-hybridized carbons (Fsp3) is 0.464. The summed E-state index contributed by atoms with van der Waals surface area (Å²) in [6, 6.07) is 10.6. The standard InChI is InChI=1S/C28H32ClF2N5O5/c1-27(2,3)41-26(39)33-21(16-40-20-9-6-7-18(29)13-20)24(37)35-12-10-22-28(17-35,14-19-8-4-5-11-32-19)25(38)36(34-22)15-23(30)31/h4-9,11,13,21,23H,10,12,14-17H2,1-3H3,(H,33,39)/t21?,28-/m1/s1. The van der Waals surface area contributed by atoms with Crippen molar-refractivity contribution < 1.29 is 32.6 Å². The normalized spacial score (nSPS) is 19.5. The maximum absolute atomic E-state index is 13.9. The summed E-state index contributed by atoms with van der Waals surface area (Å²) >= 11 is 6.05. The summed E-state index contributed by atoms with van der Waals surface area (Å²) in [7, 11) is 0. The van der Waals surface area contributed by atoms with Gasteiger partial charge in [0.05, 0.1) is 5.71 Å². The number of nitrogens with one attached hydrogen (secondary N) is 1. The zero-order valence-electron chi connectivity index (χ0n) is 23.0. The van der Waals surface area contributed by atoms with Gasteiger partial charge in [0.25, 0.3) is 12.3 Å². The minimum Gasteiger partial charge on any atom is -0.491 e. The van der Waals surface area contributed by atoms with Crippen LogP contribution in [-0.2, 0) is 20.7 Å². The molecule has 220 valence electrons. The Balaban J connectivity index is 1.60. The molecular formula is C28H32ClF2N5O5. The lowest BCUT2D eigenvalue weighted by atomic mass is 9.74. The largest absolute Gasteiger partial charge is 0.491 e. The Morgan fingerprint density at radius 2 is 1.98 bits per heavy atom. The number of benzene rings is 1. The van der Waals surface area contributed by atoms with Crippen molar-refractivity contribution >= 4 is 35.2 Å². The van der Waals surface area contributed by atoms with Gasteiger partial charge in [-0.25, -0.2) is 18.6 Å². The van der Waals surface area contributed by atoms with E-state index < -0.39 is 47.9 Å². The molecule has 2 atom stereocenters. The number of piperidine rings is 1. The quantitative estimate of drug-likeness (QED) is 0.473. The van der Waals surface area contributed by atoms with Crippen LogP contribution in [0.1, 0.15) is 32.9 Å². The molecule has 1 aromatic carbocycles. The number of rotatable bonds is 9. The molecule has 0 aliphatic carbocycles. The molecule has 0 bridgehead atoms. The molecular weight excluding hydrogens is 560 g/mol. The molecule has 4 rings (SSSR count). The number of carbonyl (C=O) groups is 3. The molecule has 1 saturated heterocycles. The van der Waals surface area contributed by atoms with Gasteiger partial charge in [0.15, 0.2) is 0 Å². The summed E-state index contributed by atoms with van der Waals surface area (Å²) in [5.41, 5.74) is -1.22. The third-order valence-electron chi connectivity index (χ3n) is 6.55. The van der Waals surface area contributed by atoms with Gasteiger partial charge in [-0.2, -0.15) is 5.10 Å². The molecule has 1 aromatic heterocycles. The monoisotopic (exact) mass is 591 g/mol. The number of alkyl carbamates (subject to hydrolysis) is 1. The Bertz CT molecular complexity index is 1310. The van der Waals surface area contributed by atoms with E-state index >= 15 is 0 Å². The number of likely N-dealkylation sites (tertiary alicyclic amines) is 1. The van der Waals surface area contributed by atoms with Crippen LogP contribution in [0.2, 0.25) is 5.02 Å². The molecule has 0 radical (unpaired) electrons. The molecule has 2 aliphatic heterocycles. The molecule has 13 heteroatoms. The van der Waals surface area contributed by atoms with Gasteiger partial charge < -0.3 is 19.7 Å². The first kappa shape index (κ1) is 30.2. The van der Waals surface area contributed by atoms with E-state index in [0.717, 1.165) is 5.01 Å². The number of carbonyl (C=O) groups excluding carboxylic acids is 3. The van der Waals surface area contributed by atoms with Crippen LogP contribution < -0.4 is 10.1 Å². The molecule has 0 spiro atoms. The number of alkyl halides is 2. The van der Waals surface area contributed by atoms with Gasteiger partial charge in [-0.05, 0) is 51.1 Å². The average Bonchev–Trinajstić information content (AvgIpc) is 3.15.